The maximum Gasteiger partial charge on any atom is 0.259 e. The van der Waals surface area contributed by atoms with Gasteiger partial charge in [-0.1, -0.05) is 24.3 Å². The molecule has 2 rings (SSSR count). The number of hydrogen-bond donors (Lipinski definition) is 0. The van der Waals surface area contributed by atoms with Crippen molar-refractivity contribution in [2.24, 2.45) is 0 Å². The van der Waals surface area contributed by atoms with Crippen molar-refractivity contribution in [1.29, 1.82) is 0 Å². The van der Waals surface area contributed by atoms with Crippen LogP contribution in [0.1, 0.15) is 10.4 Å². The Bertz CT molecular complexity index is 571. The molecule has 4 heteroatoms. The summed E-state index contributed by atoms with van der Waals surface area (Å²) in [4.78, 5) is 13.7. The Labute approximate surface area is 113 Å². The first-order valence-corrected chi connectivity index (χ1v) is 6.17. The molecule has 0 bridgehead atoms. The maximum absolute atomic E-state index is 13.4. The molecule has 0 spiro atoms. The molecule has 0 aromatic heterocycles. The smallest absolute Gasteiger partial charge is 0.259 e. The fourth-order valence-electron chi connectivity index (χ4n) is 1.62. The molecule has 2 nitrogen and oxygen atoms in total. The molecule has 0 heterocycles. The van der Waals surface area contributed by atoms with Crippen LogP contribution in [-0.2, 0) is 0 Å². The van der Waals surface area contributed by atoms with Crippen LogP contribution in [0.3, 0.4) is 0 Å². The van der Waals surface area contributed by atoms with Crippen LogP contribution in [0.15, 0.2) is 53.0 Å². The number of halogens is 2. The molecule has 0 atom stereocenters. The second kappa shape index (κ2) is 5.31. The molecular weight excluding hydrogens is 297 g/mol. The summed E-state index contributed by atoms with van der Waals surface area (Å²) in [5.41, 5.74) is 1.07. The van der Waals surface area contributed by atoms with Crippen LogP contribution in [0.5, 0.6) is 0 Å². The normalized spacial score (nSPS) is 10.2. The molecule has 0 fully saturated rings. The summed E-state index contributed by atoms with van der Waals surface area (Å²) in [6.45, 7) is 0. The van der Waals surface area contributed by atoms with Gasteiger partial charge in [0.25, 0.3) is 5.91 Å². The van der Waals surface area contributed by atoms with E-state index in [4.69, 9.17) is 0 Å². The summed E-state index contributed by atoms with van der Waals surface area (Å²) < 4.78 is 13.6. The highest BCUT2D eigenvalue weighted by Crippen LogP contribution is 2.23. The standard InChI is InChI=1S/C14H11BrFNO/c1-17(10-6-3-2-4-7-10)14(18)11-8-5-9-12(16)13(11)15/h2-9H,1H3. The lowest BCUT2D eigenvalue weighted by Gasteiger charge is -2.18. The second-order valence-corrected chi connectivity index (χ2v) is 4.59. The monoisotopic (exact) mass is 307 g/mol. The van der Waals surface area contributed by atoms with E-state index >= 15 is 0 Å². The summed E-state index contributed by atoms with van der Waals surface area (Å²) in [5.74, 6) is -0.699. The number of carbonyl (C=O) groups is 1. The van der Waals surface area contributed by atoms with Crippen molar-refractivity contribution in [1.82, 2.24) is 0 Å². The third-order valence-electron chi connectivity index (χ3n) is 2.63. The Kier molecular flexibility index (Phi) is 3.77. The van der Waals surface area contributed by atoms with E-state index in [0.29, 0.717) is 5.56 Å². The maximum atomic E-state index is 13.4. The third-order valence-corrected chi connectivity index (χ3v) is 3.44. The van der Waals surface area contributed by atoms with Gasteiger partial charge in [0.15, 0.2) is 0 Å². The summed E-state index contributed by atoms with van der Waals surface area (Å²) >= 11 is 3.10. The first-order valence-electron chi connectivity index (χ1n) is 5.38. The molecule has 0 radical (unpaired) electrons. The van der Waals surface area contributed by atoms with Crippen LogP contribution in [0.25, 0.3) is 0 Å². The minimum absolute atomic E-state index is 0.192. The van der Waals surface area contributed by atoms with Crippen molar-refractivity contribution >= 4 is 27.5 Å². The molecule has 0 saturated heterocycles. The molecule has 2 aromatic rings. The van der Waals surface area contributed by atoms with Crippen molar-refractivity contribution in [3.05, 3.63) is 64.4 Å². The van der Waals surface area contributed by atoms with Crippen molar-refractivity contribution < 1.29 is 9.18 Å². The van der Waals surface area contributed by atoms with Crippen LogP contribution in [0, 0.1) is 5.82 Å². The molecule has 0 N–H and O–H groups in total. The van der Waals surface area contributed by atoms with Gasteiger partial charge in [-0.25, -0.2) is 4.39 Å². The summed E-state index contributed by atoms with van der Waals surface area (Å²) in [6, 6.07) is 13.6. The summed E-state index contributed by atoms with van der Waals surface area (Å²) in [6.07, 6.45) is 0. The van der Waals surface area contributed by atoms with E-state index in [9.17, 15) is 9.18 Å². The van der Waals surface area contributed by atoms with E-state index in [1.54, 1.807) is 13.1 Å². The molecule has 18 heavy (non-hydrogen) atoms. The first kappa shape index (κ1) is 12.8. The minimum atomic E-state index is -0.442. The van der Waals surface area contributed by atoms with Gasteiger partial charge in [-0.05, 0) is 40.2 Å². The van der Waals surface area contributed by atoms with Gasteiger partial charge in [-0.2, -0.15) is 0 Å². The van der Waals surface area contributed by atoms with E-state index in [0.717, 1.165) is 5.69 Å². The van der Waals surface area contributed by atoms with E-state index < -0.39 is 5.82 Å². The number of benzene rings is 2. The van der Waals surface area contributed by atoms with Crippen LogP contribution in [0.2, 0.25) is 0 Å². The fraction of sp³-hybridized carbons (Fsp3) is 0.0714. The van der Waals surface area contributed by atoms with Gasteiger partial charge in [0.1, 0.15) is 5.82 Å². The molecule has 1 amide bonds. The molecule has 0 aliphatic rings. The van der Waals surface area contributed by atoms with Crippen molar-refractivity contribution in [3.63, 3.8) is 0 Å². The van der Waals surface area contributed by atoms with E-state index in [-0.39, 0.29) is 10.4 Å². The van der Waals surface area contributed by atoms with E-state index in [2.05, 4.69) is 15.9 Å². The summed E-state index contributed by atoms with van der Waals surface area (Å²) in [5, 5.41) is 0. The van der Waals surface area contributed by atoms with E-state index in [1.807, 2.05) is 30.3 Å². The third kappa shape index (κ3) is 2.43. The Morgan fingerprint density at radius 3 is 2.44 bits per heavy atom. The van der Waals surface area contributed by atoms with Gasteiger partial charge in [0, 0.05) is 12.7 Å². The van der Waals surface area contributed by atoms with Gasteiger partial charge in [-0.15, -0.1) is 0 Å². The van der Waals surface area contributed by atoms with Gasteiger partial charge < -0.3 is 4.90 Å². The molecule has 0 unspecified atom stereocenters. The zero-order valence-corrected chi connectivity index (χ0v) is 11.3. The Balaban J connectivity index is 2.35. The molecule has 2 aromatic carbocycles. The lowest BCUT2D eigenvalue weighted by molar-refractivity contribution is 0.0992. The predicted octanol–water partition coefficient (Wildman–Crippen LogP) is 3.86. The predicted molar refractivity (Wildman–Crippen MR) is 73.3 cm³/mol. The van der Waals surface area contributed by atoms with Crippen LogP contribution in [-0.4, -0.2) is 13.0 Å². The lowest BCUT2D eigenvalue weighted by Crippen LogP contribution is -2.26. The largest absolute Gasteiger partial charge is 0.311 e. The summed E-state index contributed by atoms with van der Waals surface area (Å²) in [7, 11) is 1.66. The average Bonchev–Trinajstić information content (AvgIpc) is 2.41. The van der Waals surface area contributed by atoms with Crippen LogP contribution in [0.4, 0.5) is 10.1 Å². The molecule has 0 aliphatic carbocycles. The quantitative estimate of drug-likeness (QED) is 0.825. The van der Waals surface area contributed by atoms with Gasteiger partial charge in [0.2, 0.25) is 0 Å². The average molecular weight is 308 g/mol. The SMILES string of the molecule is CN(C(=O)c1cccc(F)c1Br)c1ccccc1. The number of hydrogen-bond acceptors (Lipinski definition) is 1. The molecule has 92 valence electrons. The highest BCUT2D eigenvalue weighted by molar-refractivity contribution is 9.10. The number of para-hydroxylation sites is 1. The van der Waals surface area contributed by atoms with Gasteiger partial charge in [-0.3, -0.25) is 4.79 Å². The number of rotatable bonds is 2. The Morgan fingerprint density at radius 2 is 1.78 bits per heavy atom. The number of amides is 1. The van der Waals surface area contributed by atoms with Crippen LogP contribution >= 0.6 is 15.9 Å². The lowest BCUT2D eigenvalue weighted by atomic mass is 10.2. The first-order chi connectivity index (χ1) is 8.61. The van der Waals surface area contributed by atoms with Crippen LogP contribution < -0.4 is 4.90 Å². The van der Waals surface area contributed by atoms with E-state index in [1.165, 1.54) is 17.0 Å². The van der Waals surface area contributed by atoms with Crippen molar-refractivity contribution in [2.45, 2.75) is 0 Å². The molecule has 0 aliphatic heterocycles. The Hall–Kier alpha value is -1.68. The van der Waals surface area contributed by atoms with Gasteiger partial charge in [0.05, 0.1) is 10.0 Å². The Morgan fingerprint density at radius 1 is 1.11 bits per heavy atom. The van der Waals surface area contributed by atoms with Crippen molar-refractivity contribution in [2.75, 3.05) is 11.9 Å². The fourth-order valence-corrected chi connectivity index (χ4v) is 2.05. The number of carbonyl (C=O) groups excluding carboxylic acids is 1. The topological polar surface area (TPSA) is 20.3 Å². The molecule has 0 saturated carbocycles. The number of anilines is 1. The second-order valence-electron chi connectivity index (χ2n) is 3.80. The van der Waals surface area contributed by atoms with Crippen molar-refractivity contribution in [3.8, 4) is 0 Å². The van der Waals surface area contributed by atoms with Gasteiger partial charge >= 0.3 is 0 Å². The highest BCUT2D eigenvalue weighted by Gasteiger charge is 2.17. The number of nitrogens with zero attached hydrogens (tertiary/aromatic N) is 1. The zero-order valence-electron chi connectivity index (χ0n) is 9.73. The highest BCUT2D eigenvalue weighted by atomic mass is 79.9. The zero-order chi connectivity index (χ0) is 13.1. The minimum Gasteiger partial charge on any atom is -0.311 e. The molecular formula is C14H11BrFNO.